The molecule has 1 aromatic rings. The van der Waals surface area contributed by atoms with E-state index in [1.54, 1.807) is 6.20 Å². The number of anilines is 1. The zero-order valence-electron chi connectivity index (χ0n) is 8.05. The summed E-state index contributed by atoms with van der Waals surface area (Å²) in [5.74, 6) is 0.620. The second-order valence-corrected chi connectivity index (χ2v) is 3.86. The molecule has 1 saturated heterocycles. The molecule has 0 amide bonds. The highest BCUT2D eigenvalue weighted by Crippen LogP contribution is 2.13. The summed E-state index contributed by atoms with van der Waals surface area (Å²) in [7, 11) is 0. The van der Waals surface area contributed by atoms with Crippen molar-refractivity contribution in [2.75, 3.05) is 18.4 Å². The van der Waals surface area contributed by atoms with Crippen LogP contribution >= 0.6 is 11.6 Å². The number of nitrogens with zero attached hydrogens (tertiary/aromatic N) is 2. The normalized spacial score (nSPS) is 21.1. The van der Waals surface area contributed by atoms with Crippen molar-refractivity contribution in [1.82, 2.24) is 15.3 Å². The third-order valence-corrected chi connectivity index (χ3v) is 2.69. The van der Waals surface area contributed by atoms with E-state index in [1.165, 1.54) is 0 Å². The van der Waals surface area contributed by atoms with Crippen LogP contribution in [0.1, 0.15) is 12.0 Å². The lowest BCUT2D eigenvalue weighted by Crippen LogP contribution is -2.23. The van der Waals surface area contributed by atoms with E-state index in [-0.39, 0.29) is 0 Å². The number of aromatic nitrogens is 2. The van der Waals surface area contributed by atoms with Gasteiger partial charge in [0.25, 0.3) is 0 Å². The van der Waals surface area contributed by atoms with E-state index in [9.17, 15) is 0 Å². The fraction of sp³-hybridized carbons (Fsp3) is 0.556. The van der Waals surface area contributed by atoms with Crippen LogP contribution in [0.2, 0.25) is 5.15 Å². The molecule has 1 aliphatic heterocycles. The minimum atomic E-state index is 0.425. The Hall–Kier alpha value is -0.870. The molecule has 1 aliphatic rings. The third-order valence-electron chi connectivity index (χ3n) is 2.30. The maximum absolute atomic E-state index is 5.89. The summed E-state index contributed by atoms with van der Waals surface area (Å²) < 4.78 is 0. The molecule has 4 nitrogen and oxygen atoms in total. The first-order valence-electron chi connectivity index (χ1n) is 4.72. The summed E-state index contributed by atoms with van der Waals surface area (Å²) >= 11 is 5.89. The Morgan fingerprint density at radius 1 is 1.64 bits per heavy atom. The van der Waals surface area contributed by atoms with Crippen LogP contribution in [-0.2, 0) is 0 Å². The van der Waals surface area contributed by atoms with Crippen molar-refractivity contribution in [2.45, 2.75) is 19.4 Å². The summed E-state index contributed by atoms with van der Waals surface area (Å²) in [6.45, 7) is 3.91. The Balaban J connectivity index is 2.05. The Kier molecular flexibility index (Phi) is 2.84. The quantitative estimate of drug-likeness (QED) is 0.724. The van der Waals surface area contributed by atoms with Gasteiger partial charge in [-0.1, -0.05) is 11.6 Å². The second kappa shape index (κ2) is 4.11. The Bertz CT molecular complexity index is 323. The minimum absolute atomic E-state index is 0.425. The number of hydrogen-bond acceptors (Lipinski definition) is 4. The highest BCUT2D eigenvalue weighted by atomic mass is 35.5. The van der Waals surface area contributed by atoms with Crippen LogP contribution in [0.5, 0.6) is 0 Å². The topological polar surface area (TPSA) is 49.8 Å². The van der Waals surface area contributed by atoms with Crippen molar-refractivity contribution in [2.24, 2.45) is 0 Å². The van der Waals surface area contributed by atoms with Crippen LogP contribution in [0.25, 0.3) is 0 Å². The van der Waals surface area contributed by atoms with Gasteiger partial charge in [0, 0.05) is 24.3 Å². The van der Waals surface area contributed by atoms with Gasteiger partial charge < -0.3 is 10.6 Å². The average molecular weight is 213 g/mol. The monoisotopic (exact) mass is 212 g/mol. The number of halogens is 1. The molecular weight excluding hydrogens is 200 g/mol. The Morgan fingerprint density at radius 3 is 3.14 bits per heavy atom. The van der Waals surface area contributed by atoms with Crippen LogP contribution in [0.4, 0.5) is 5.95 Å². The van der Waals surface area contributed by atoms with Crippen molar-refractivity contribution in [3.8, 4) is 0 Å². The summed E-state index contributed by atoms with van der Waals surface area (Å²) in [6.07, 6.45) is 2.84. The molecule has 0 aliphatic carbocycles. The van der Waals surface area contributed by atoms with Crippen LogP contribution in [-0.4, -0.2) is 29.1 Å². The van der Waals surface area contributed by atoms with Crippen molar-refractivity contribution >= 4 is 17.5 Å². The first-order chi connectivity index (χ1) is 6.75. The molecule has 1 atom stereocenters. The molecule has 0 bridgehead atoms. The molecule has 0 radical (unpaired) electrons. The number of aryl methyl sites for hydroxylation is 1. The summed E-state index contributed by atoms with van der Waals surface area (Å²) in [5, 5.41) is 7.03. The number of nitrogens with one attached hydrogen (secondary N) is 2. The lowest BCUT2D eigenvalue weighted by atomic mass is 10.3. The predicted molar refractivity (Wildman–Crippen MR) is 56.7 cm³/mol. The fourth-order valence-corrected chi connectivity index (χ4v) is 1.58. The van der Waals surface area contributed by atoms with E-state index >= 15 is 0 Å². The maximum Gasteiger partial charge on any atom is 0.224 e. The molecule has 0 aromatic carbocycles. The van der Waals surface area contributed by atoms with Gasteiger partial charge in [0.1, 0.15) is 5.15 Å². The Labute approximate surface area is 88.1 Å². The van der Waals surface area contributed by atoms with Gasteiger partial charge in [-0.15, -0.1) is 0 Å². The zero-order chi connectivity index (χ0) is 9.97. The molecular formula is C9H13ClN4. The van der Waals surface area contributed by atoms with Gasteiger partial charge >= 0.3 is 0 Å². The standard InChI is InChI=1S/C9H13ClN4/c1-6-4-12-9(14-8(6)10)13-7-2-3-11-5-7/h4,7,11H,2-3,5H2,1H3,(H,12,13,14). The van der Waals surface area contributed by atoms with Crippen molar-refractivity contribution in [3.63, 3.8) is 0 Å². The highest BCUT2D eigenvalue weighted by Gasteiger charge is 2.15. The van der Waals surface area contributed by atoms with Gasteiger partial charge in [0.2, 0.25) is 5.95 Å². The molecule has 0 spiro atoms. The predicted octanol–water partition coefficient (Wildman–Crippen LogP) is 1.21. The Morgan fingerprint density at radius 2 is 2.50 bits per heavy atom. The first kappa shape index (κ1) is 9.68. The van der Waals surface area contributed by atoms with Crippen LogP contribution in [0, 0.1) is 6.92 Å². The van der Waals surface area contributed by atoms with E-state index in [4.69, 9.17) is 11.6 Å². The van der Waals surface area contributed by atoms with E-state index in [0.29, 0.717) is 17.1 Å². The van der Waals surface area contributed by atoms with E-state index in [1.807, 2.05) is 6.92 Å². The third kappa shape index (κ3) is 2.13. The lowest BCUT2D eigenvalue weighted by molar-refractivity contribution is 0.780. The molecule has 0 saturated carbocycles. The van der Waals surface area contributed by atoms with Gasteiger partial charge in [-0.2, -0.15) is 0 Å². The molecule has 1 unspecified atom stereocenters. The molecule has 2 N–H and O–H groups in total. The summed E-state index contributed by atoms with van der Waals surface area (Å²) in [5.41, 5.74) is 0.904. The van der Waals surface area contributed by atoms with Crippen molar-refractivity contribution in [1.29, 1.82) is 0 Å². The fourth-order valence-electron chi connectivity index (χ4n) is 1.45. The van der Waals surface area contributed by atoms with E-state index in [2.05, 4.69) is 20.6 Å². The maximum atomic E-state index is 5.89. The van der Waals surface area contributed by atoms with Crippen LogP contribution < -0.4 is 10.6 Å². The molecule has 14 heavy (non-hydrogen) atoms. The van der Waals surface area contributed by atoms with E-state index < -0.39 is 0 Å². The summed E-state index contributed by atoms with van der Waals surface area (Å²) in [6, 6.07) is 0.425. The SMILES string of the molecule is Cc1cnc(NC2CCNC2)nc1Cl. The average Bonchev–Trinajstić information content (AvgIpc) is 2.64. The van der Waals surface area contributed by atoms with Crippen LogP contribution in [0.15, 0.2) is 6.20 Å². The molecule has 76 valence electrons. The molecule has 1 aromatic heterocycles. The van der Waals surface area contributed by atoms with Gasteiger partial charge in [-0.05, 0) is 19.9 Å². The highest BCUT2D eigenvalue weighted by molar-refractivity contribution is 6.30. The minimum Gasteiger partial charge on any atom is -0.350 e. The van der Waals surface area contributed by atoms with Gasteiger partial charge in [-0.25, -0.2) is 9.97 Å². The smallest absolute Gasteiger partial charge is 0.224 e. The molecule has 1 fully saturated rings. The van der Waals surface area contributed by atoms with Crippen molar-refractivity contribution < 1.29 is 0 Å². The van der Waals surface area contributed by atoms with E-state index in [0.717, 1.165) is 25.1 Å². The first-order valence-corrected chi connectivity index (χ1v) is 5.10. The summed E-state index contributed by atoms with van der Waals surface area (Å²) in [4.78, 5) is 8.32. The van der Waals surface area contributed by atoms with Crippen molar-refractivity contribution in [3.05, 3.63) is 16.9 Å². The van der Waals surface area contributed by atoms with Crippen LogP contribution in [0.3, 0.4) is 0 Å². The number of rotatable bonds is 2. The number of hydrogen-bond donors (Lipinski definition) is 2. The molecule has 2 rings (SSSR count). The molecule has 5 heteroatoms. The largest absolute Gasteiger partial charge is 0.350 e. The molecule has 2 heterocycles. The van der Waals surface area contributed by atoms with Gasteiger partial charge in [0.05, 0.1) is 0 Å². The van der Waals surface area contributed by atoms with Gasteiger partial charge in [0.15, 0.2) is 0 Å². The zero-order valence-corrected chi connectivity index (χ0v) is 8.80. The second-order valence-electron chi connectivity index (χ2n) is 3.50. The van der Waals surface area contributed by atoms with Gasteiger partial charge in [-0.3, -0.25) is 0 Å². The lowest BCUT2D eigenvalue weighted by Gasteiger charge is -2.11.